The number of aromatic nitrogens is 1. The first-order valence-corrected chi connectivity index (χ1v) is 8.04. The van der Waals surface area contributed by atoms with Crippen molar-refractivity contribution in [3.63, 3.8) is 0 Å². The molecule has 4 aromatic carbocycles. The van der Waals surface area contributed by atoms with Gasteiger partial charge in [-0.1, -0.05) is 60.7 Å². The van der Waals surface area contributed by atoms with E-state index in [4.69, 9.17) is 0 Å². The predicted octanol–water partition coefficient (Wildman–Crippen LogP) is 5.95. The normalized spacial score (nSPS) is 11.9. The Hall–Kier alpha value is -2.80. The molecule has 0 spiro atoms. The van der Waals surface area contributed by atoms with Crippen LogP contribution in [-0.4, -0.2) is 4.57 Å². The fourth-order valence-corrected chi connectivity index (χ4v) is 4.11. The molecule has 110 valence electrons. The van der Waals surface area contributed by atoms with Gasteiger partial charge < -0.3 is 4.57 Å². The Morgan fingerprint density at radius 3 is 2.09 bits per heavy atom. The van der Waals surface area contributed by atoms with Gasteiger partial charge in [-0.25, -0.2) is 0 Å². The van der Waals surface area contributed by atoms with Gasteiger partial charge in [0.05, 0.1) is 5.52 Å². The van der Waals surface area contributed by atoms with E-state index in [1.54, 1.807) is 0 Å². The summed E-state index contributed by atoms with van der Waals surface area (Å²) < 4.78 is 2.35. The second-order valence-electron chi connectivity index (χ2n) is 6.34. The van der Waals surface area contributed by atoms with Gasteiger partial charge in [0.2, 0.25) is 0 Å². The van der Waals surface area contributed by atoms with Crippen LogP contribution in [0.3, 0.4) is 0 Å². The summed E-state index contributed by atoms with van der Waals surface area (Å²) in [7, 11) is 2.18. The van der Waals surface area contributed by atoms with Crippen LogP contribution < -0.4 is 0 Å². The summed E-state index contributed by atoms with van der Waals surface area (Å²) in [5.41, 5.74) is 3.97. The number of hydrogen-bond acceptors (Lipinski definition) is 0. The molecule has 0 saturated heterocycles. The Kier molecular flexibility index (Phi) is 2.41. The molecule has 0 atom stereocenters. The summed E-state index contributed by atoms with van der Waals surface area (Å²) in [6, 6.07) is 24.1. The van der Waals surface area contributed by atoms with Crippen molar-refractivity contribution in [1.82, 2.24) is 4.57 Å². The molecular formula is C22H17N. The lowest BCUT2D eigenvalue weighted by molar-refractivity contribution is 1.02. The van der Waals surface area contributed by atoms with Crippen LogP contribution in [0.1, 0.15) is 5.56 Å². The second kappa shape index (κ2) is 4.36. The van der Waals surface area contributed by atoms with Crippen LogP contribution in [0.2, 0.25) is 0 Å². The van der Waals surface area contributed by atoms with Crippen LogP contribution in [0.15, 0.2) is 66.7 Å². The van der Waals surface area contributed by atoms with Crippen molar-refractivity contribution in [3.05, 3.63) is 72.3 Å². The molecule has 5 aromatic rings. The smallest absolute Gasteiger partial charge is 0.0575 e. The minimum Gasteiger partial charge on any atom is -0.343 e. The summed E-state index contributed by atoms with van der Waals surface area (Å²) in [4.78, 5) is 0. The van der Waals surface area contributed by atoms with Gasteiger partial charge in [-0.05, 0) is 34.7 Å². The molecule has 0 unspecified atom stereocenters. The Bertz CT molecular complexity index is 1220. The maximum absolute atomic E-state index is 2.35. The van der Waals surface area contributed by atoms with Gasteiger partial charge in [-0.3, -0.25) is 0 Å². The monoisotopic (exact) mass is 295 g/mol. The summed E-state index contributed by atoms with van der Waals surface area (Å²) in [5, 5.41) is 8.14. The molecule has 0 aliphatic heterocycles. The van der Waals surface area contributed by atoms with Gasteiger partial charge in [0.15, 0.2) is 0 Å². The molecule has 0 N–H and O–H groups in total. The van der Waals surface area contributed by atoms with Crippen molar-refractivity contribution in [1.29, 1.82) is 0 Å². The number of fused-ring (bicyclic) bond motifs is 8. The first kappa shape index (κ1) is 12.7. The molecule has 0 saturated carbocycles. The van der Waals surface area contributed by atoms with Crippen LogP contribution in [0.25, 0.3) is 43.4 Å². The maximum Gasteiger partial charge on any atom is 0.0575 e. The molecule has 23 heavy (non-hydrogen) atoms. The van der Waals surface area contributed by atoms with Crippen molar-refractivity contribution in [2.24, 2.45) is 7.05 Å². The van der Waals surface area contributed by atoms with E-state index in [2.05, 4.69) is 85.3 Å². The Morgan fingerprint density at radius 1 is 0.609 bits per heavy atom. The zero-order valence-electron chi connectivity index (χ0n) is 13.3. The summed E-state index contributed by atoms with van der Waals surface area (Å²) in [6.45, 7) is 2.22. The fraction of sp³-hybridized carbons (Fsp3) is 0.0909. The Labute approximate surface area is 134 Å². The molecule has 0 aliphatic carbocycles. The molecule has 0 amide bonds. The summed E-state index contributed by atoms with van der Waals surface area (Å²) in [5.74, 6) is 0. The Morgan fingerprint density at radius 2 is 1.26 bits per heavy atom. The first-order valence-electron chi connectivity index (χ1n) is 8.04. The first-order chi connectivity index (χ1) is 11.3. The average Bonchev–Trinajstić information content (AvgIpc) is 2.89. The van der Waals surface area contributed by atoms with Gasteiger partial charge >= 0.3 is 0 Å². The van der Waals surface area contributed by atoms with Crippen LogP contribution in [0.5, 0.6) is 0 Å². The van der Waals surface area contributed by atoms with E-state index >= 15 is 0 Å². The van der Waals surface area contributed by atoms with Crippen molar-refractivity contribution in [3.8, 4) is 0 Å². The van der Waals surface area contributed by atoms with Crippen molar-refractivity contribution in [2.75, 3.05) is 0 Å². The second-order valence-corrected chi connectivity index (χ2v) is 6.34. The van der Waals surface area contributed by atoms with Crippen molar-refractivity contribution >= 4 is 43.4 Å². The molecule has 5 rings (SSSR count). The largest absolute Gasteiger partial charge is 0.343 e. The highest BCUT2D eigenvalue weighted by Gasteiger charge is 2.16. The van der Waals surface area contributed by atoms with E-state index in [0.29, 0.717) is 0 Å². The fourth-order valence-electron chi connectivity index (χ4n) is 4.11. The van der Waals surface area contributed by atoms with E-state index in [1.165, 1.54) is 48.9 Å². The molecule has 1 nitrogen and oxygen atoms in total. The molecular weight excluding hydrogens is 278 g/mol. The maximum atomic E-state index is 2.35. The number of rotatable bonds is 0. The lowest BCUT2D eigenvalue weighted by atomic mass is 9.94. The number of benzene rings is 4. The third-order valence-corrected chi connectivity index (χ3v) is 5.10. The molecule has 1 heterocycles. The molecule has 0 radical (unpaired) electrons. The lowest BCUT2D eigenvalue weighted by Crippen LogP contribution is -1.89. The van der Waals surface area contributed by atoms with Crippen molar-refractivity contribution < 1.29 is 0 Å². The highest BCUT2D eigenvalue weighted by atomic mass is 14.9. The van der Waals surface area contributed by atoms with Crippen molar-refractivity contribution in [2.45, 2.75) is 6.92 Å². The third kappa shape index (κ3) is 1.52. The zero-order chi connectivity index (χ0) is 15.6. The average molecular weight is 295 g/mol. The minimum absolute atomic E-state index is 1.29. The van der Waals surface area contributed by atoms with E-state index < -0.39 is 0 Å². The third-order valence-electron chi connectivity index (χ3n) is 5.10. The quantitative estimate of drug-likeness (QED) is 0.311. The van der Waals surface area contributed by atoms with Crippen LogP contribution in [0, 0.1) is 6.92 Å². The highest BCUT2D eigenvalue weighted by Crippen LogP contribution is 2.41. The van der Waals surface area contributed by atoms with Crippen LogP contribution in [0.4, 0.5) is 0 Å². The van der Waals surface area contributed by atoms with E-state index in [0.717, 1.165) is 0 Å². The summed E-state index contributed by atoms with van der Waals surface area (Å²) >= 11 is 0. The topological polar surface area (TPSA) is 4.93 Å². The minimum atomic E-state index is 1.29. The van der Waals surface area contributed by atoms with E-state index in [-0.39, 0.29) is 0 Å². The van der Waals surface area contributed by atoms with E-state index in [9.17, 15) is 0 Å². The molecule has 1 heteroatoms. The number of nitrogens with zero attached hydrogens (tertiary/aromatic N) is 1. The Balaban J connectivity index is 2.30. The zero-order valence-corrected chi connectivity index (χ0v) is 13.3. The highest BCUT2D eigenvalue weighted by molar-refractivity contribution is 6.32. The van der Waals surface area contributed by atoms with Gasteiger partial charge in [-0.2, -0.15) is 0 Å². The van der Waals surface area contributed by atoms with Crippen LogP contribution in [-0.2, 0) is 7.05 Å². The SMILES string of the molecule is Cc1cccc2c3ccccc3c3c(c4ccccc4n3C)c12. The van der Waals surface area contributed by atoms with E-state index in [1.807, 2.05) is 0 Å². The molecule has 0 aliphatic rings. The molecule has 0 bridgehead atoms. The number of para-hydroxylation sites is 1. The lowest BCUT2D eigenvalue weighted by Gasteiger charge is -2.11. The van der Waals surface area contributed by atoms with Crippen LogP contribution >= 0.6 is 0 Å². The summed E-state index contributed by atoms with van der Waals surface area (Å²) in [6.07, 6.45) is 0. The predicted molar refractivity (Wildman–Crippen MR) is 100 cm³/mol. The number of hydrogen-bond donors (Lipinski definition) is 0. The van der Waals surface area contributed by atoms with Gasteiger partial charge in [0.1, 0.15) is 0 Å². The van der Waals surface area contributed by atoms with Gasteiger partial charge in [0.25, 0.3) is 0 Å². The molecule has 0 fully saturated rings. The van der Waals surface area contributed by atoms with Gasteiger partial charge in [-0.15, -0.1) is 0 Å². The van der Waals surface area contributed by atoms with Gasteiger partial charge in [0, 0.05) is 28.7 Å². The number of aryl methyl sites for hydroxylation is 2. The standard InChI is InChI=1S/C22H17N/c1-14-8-7-12-16-15-9-3-4-10-17(15)22-21(20(14)16)18-11-5-6-13-19(18)23(22)2/h3-13H,1-2H3. The molecule has 1 aromatic heterocycles.